The lowest BCUT2D eigenvalue weighted by molar-refractivity contribution is -0.0380. The normalized spacial score (nSPS) is 20.8. The van der Waals surface area contributed by atoms with E-state index in [1.165, 1.54) is 6.33 Å². The van der Waals surface area contributed by atoms with Crippen LogP contribution in [0, 0.1) is 0 Å². The lowest BCUT2D eigenvalue weighted by Crippen LogP contribution is -2.58. The van der Waals surface area contributed by atoms with Crippen molar-refractivity contribution in [1.82, 2.24) is 19.7 Å². The summed E-state index contributed by atoms with van der Waals surface area (Å²) < 4.78 is 12.6. The van der Waals surface area contributed by atoms with Gasteiger partial charge in [0.2, 0.25) is 0 Å². The van der Waals surface area contributed by atoms with Crippen molar-refractivity contribution in [3.8, 4) is 0 Å². The van der Waals surface area contributed by atoms with Gasteiger partial charge in [-0.15, -0.1) is 0 Å². The van der Waals surface area contributed by atoms with Gasteiger partial charge >= 0.3 is 6.09 Å². The van der Waals surface area contributed by atoms with Crippen LogP contribution >= 0.6 is 0 Å². The molecule has 2 N–H and O–H groups in total. The van der Waals surface area contributed by atoms with Gasteiger partial charge < -0.3 is 15.2 Å². The number of carbonyl (C=O) groups is 1. The van der Waals surface area contributed by atoms with E-state index in [1.54, 1.807) is 9.58 Å². The molecule has 2 heterocycles. The van der Waals surface area contributed by atoms with Crippen molar-refractivity contribution in [2.45, 2.75) is 44.9 Å². The van der Waals surface area contributed by atoms with E-state index >= 15 is 0 Å². The third-order valence-corrected chi connectivity index (χ3v) is 3.51. The van der Waals surface area contributed by atoms with Crippen LogP contribution in [0.3, 0.4) is 0 Å². The molecule has 2 unspecified atom stereocenters. The van der Waals surface area contributed by atoms with E-state index in [2.05, 4.69) is 10.1 Å². The molecule has 1 aromatic heterocycles. The first-order valence-electron chi connectivity index (χ1n) is 7.44. The van der Waals surface area contributed by atoms with Gasteiger partial charge in [-0.2, -0.15) is 5.10 Å². The lowest BCUT2D eigenvalue weighted by Gasteiger charge is -2.39. The molecule has 0 radical (unpaired) electrons. The number of morpholine rings is 1. The SMILES string of the molecule is Cn1ncnc1CC(N)C1COCCN1C(=O)OC(C)(C)C. The summed E-state index contributed by atoms with van der Waals surface area (Å²) in [6, 6.07) is -0.531. The molecular weight excluding hydrogens is 286 g/mol. The van der Waals surface area contributed by atoms with Crippen LogP contribution in [-0.2, 0) is 22.9 Å². The van der Waals surface area contributed by atoms with E-state index in [0.717, 1.165) is 5.82 Å². The second kappa shape index (κ2) is 6.62. The molecule has 0 bridgehead atoms. The van der Waals surface area contributed by atoms with Crippen molar-refractivity contribution in [2.75, 3.05) is 19.8 Å². The summed E-state index contributed by atoms with van der Waals surface area (Å²) in [6.07, 6.45) is 1.66. The molecule has 8 nitrogen and oxygen atoms in total. The van der Waals surface area contributed by atoms with Crippen molar-refractivity contribution in [1.29, 1.82) is 0 Å². The van der Waals surface area contributed by atoms with Gasteiger partial charge in [0.25, 0.3) is 0 Å². The summed E-state index contributed by atoms with van der Waals surface area (Å²) in [7, 11) is 1.82. The van der Waals surface area contributed by atoms with Gasteiger partial charge in [0.15, 0.2) is 0 Å². The fourth-order valence-corrected chi connectivity index (χ4v) is 2.38. The smallest absolute Gasteiger partial charge is 0.410 e. The Morgan fingerprint density at radius 1 is 1.59 bits per heavy atom. The predicted octanol–water partition coefficient (Wildman–Crippen LogP) is 0.321. The van der Waals surface area contributed by atoms with E-state index in [0.29, 0.717) is 26.2 Å². The van der Waals surface area contributed by atoms with Crippen LogP contribution < -0.4 is 5.73 Å². The third kappa shape index (κ3) is 4.17. The molecule has 22 heavy (non-hydrogen) atoms. The number of rotatable bonds is 3. The summed E-state index contributed by atoms with van der Waals surface area (Å²) in [4.78, 5) is 18.2. The number of nitrogens with two attached hydrogens (primary N) is 1. The standard InChI is InChI=1S/C14H25N5O3/c1-14(2,3)22-13(20)19-5-6-21-8-11(19)10(15)7-12-16-9-17-18(12)4/h9-11H,5-8,15H2,1-4H3. The van der Waals surface area contributed by atoms with E-state index in [1.807, 2.05) is 27.8 Å². The Balaban J connectivity index is 2.05. The second-order valence-corrected chi connectivity index (χ2v) is 6.48. The van der Waals surface area contributed by atoms with Crippen LogP contribution in [0.25, 0.3) is 0 Å². The first-order chi connectivity index (χ1) is 10.3. The highest BCUT2D eigenvalue weighted by Gasteiger charge is 2.35. The molecule has 1 aromatic rings. The lowest BCUT2D eigenvalue weighted by atomic mass is 10.0. The quantitative estimate of drug-likeness (QED) is 0.864. The predicted molar refractivity (Wildman–Crippen MR) is 80.2 cm³/mol. The topological polar surface area (TPSA) is 95.5 Å². The minimum absolute atomic E-state index is 0.236. The van der Waals surface area contributed by atoms with E-state index < -0.39 is 5.60 Å². The average Bonchev–Trinajstić information content (AvgIpc) is 2.82. The molecule has 0 saturated carbocycles. The number of hydrogen-bond acceptors (Lipinski definition) is 6. The van der Waals surface area contributed by atoms with Gasteiger partial charge in [-0.25, -0.2) is 9.78 Å². The zero-order chi connectivity index (χ0) is 16.3. The Bertz CT molecular complexity index is 511. The highest BCUT2D eigenvalue weighted by Crippen LogP contribution is 2.17. The Morgan fingerprint density at radius 2 is 2.32 bits per heavy atom. The van der Waals surface area contributed by atoms with Crippen molar-refractivity contribution >= 4 is 6.09 Å². The number of nitrogens with zero attached hydrogens (tertiary/aromatic N) is 4. The zero-order valence-corrected chi connectivity index (χ0v) is 13.7. The first kappa shape index (κ1) is 16.7. The van der Waals surface area contributed by atoms with Gasteiger partial charge in [-0.05, 0) is 20.8 Å². The highest BCUT2D eigenvalue weighted by atomic mass is 16.6. The van der Waals surface area contributed by atoms with Crippen LogP contribution in [-0.4, -0.2) is 63.2 Å². The molecule has 2 atom stereocenters. The molecule has 124 valence electrons. The number of amides is 1. The van der Waals surface area contributed by atoms with E-state index in [-0.39, 0.29) is 18.2 Å². The van der Waals surface area contributed by atoms with Crippen molar-refractivity contribution in [2.24, 2.45) is 12.8 Å². The molecule has 0 aromatic carbocycles. The maximum absolute atomic E-state index is 12.4. The van der Waals surface area contributed by atoms with Gasteiger partial charge in [-0.1, -0.05) is 0 Å². The van der Waals surface area contributed by atoms with Crippen molar-refractivity contribution in [3.63, 3.8) is 0 Å². The molecular formula is C14H25N5O3. The van der Waals surface area contributed by atoms with Crippen LogP contribution in [0.5, 0.6) is 0 Å². The highest BCUT2D eigenvalue weighted by molar-refractivity contribution is 5.68. The van der Waals surface area contributed by atoms with Gasteiger partial charge in [0, 0.05) is 26.1 Å². The zero-order valence-electron chi connectivity index (χ0n) is 13.7. The Labute approximate surface area is 130 Å². The van der Waals surface area contributed by atoms with Crippen LogP contribution in [0.4, 0.5) is 4.79 Å². The number of ether oxygens (including phenoxy) is 2. The van der Waals surface area contributed by atoms with Crippen molar-refractivity contribution in [3.05, 3.63) is 12.2 Å². The monoisotopic (exact) mass is 311 g/mol. The minimum atomic E-state index is -0.534. The largest absolute Gasteiger partial charge is 0.444 e. The van der Waals surface area contributed by atoms with Gasteiger partial charge in [0.05, 0.1) is 19.3 Å². The summed E-state index contributed by atoms with van der Waals surface area (Å²) in [5.74, 6) is 0.780. The number of aromatic nitrogens is 3. The molecule has 1 saturated heterocycles. The first-order valence-corrected chi connectivity index (χ1v) is 7.44. The number of carbonyl (C=O) groups excluding carboxylic acids is 1. The Hall–Kier alpha value is -1.67. The fraction of sp³-hybridized carbons (Fsp3) is 0.786. The number of hydrogen-bond donors (Lipinski definition) is 1. The average molecular weight is 311 g/mol. The van der Waals surface area contributed by atoms with Crippen LogP contribution in [0.2, 0.25) is 0 Å². The van der Waals surface area contributed by atoms with Gasteiger partial charge in [0.1, 0.15) is 17.8 Å². The summed E-state index contributed by atoms with van der Waals surface area (Å²) in [5.41, 5.74) is 5.76. The molecule has 8 heteroatoms. The van der Waals surface area contributed by atoms with Crippen LogP contribution in [0.15, 0.2) is 6.33 Å². The Kier molecular flexibility index (Phi) is 5.02. The molecule has 0 aliphatic carbocycles. The maximum atomic E-state index is 12.4. The second-order valence-electron chi connectivity index (χ2n) is 6.48. The molecule has 1 fully saturated rings. The summed E-state index contributed by atoms with van der Waals surface area (Å²) in [5, 5.41) is 4.03. The van der Waals surface area contributed by atoms with E-state index in [9.17, 15) is 4.79 Å². The van der Waals surface area contributed by atoms with Crippen molar-refractivity contribution < 1.29 is 14.3 Å². The Morgan fingerprint density at radius 3 is 2.91 bits per heavy atom. The summed E-state index contributed by atoms with van der Waals surface area (Å²) in [6.45, 7) is 6.91. The third-order valence-electron chi connectivity index (χ3n) is 3.51. The summed E-state index contributed by atoms with van der Waals surface area (Å²) >= 11 is 0. The van der Waals surface area contributed by atoms with E-state index in [4.69, 9.17) is 15.2 Å². The molecule has 0 spiro atoms. The molecule has 2 rings (SSSR count). The maximum Gasteiger partial charge on any atom is 0.410 e. The van der Waals surface area contributed by atoms with Crippen LogP contribution in [0.1, 0.15) is 26.6 Å². The minimum Gasteiger partial charge on any atom is -0.444 e. The molecule has 1 aliphatic heterocycles. The molecule has 1 amide bonds. The number of aryl methyl sites for hydroxylation is 1. The fourth-order valence-electron chi connectivity index (χ4n) is 2.38. The van der Waals surface area contributed by atoms with Gasteiger partial charge in [-0.3, -0.25) is 9.58 Å². The molecule has 1 aliphatic rings.